The molecule has 0 aliphatic heterocycles. The van der Waals surface area contributed by atoms with Crippen LogP contribution < -0.4 is 4.74 Å². The highest BCUT2D eigenvalue weighted by Crippen LogP contribution is 2.25. The van der Waals surface area contributed by atoms with Gasteiger partial charge in [0, 0.05) is 0 Å². The van der Waals surface area contributed by atoms with Crippen molar-refractivity contribution in [3.63, 3.8) is 0 Å². The van der Waals surface area contributed by atoms with E-state index in [0.29, 0.717) is 12.2 Å². The lowest BCUT2D eigenvalue weighted by molar-refractivity contribution is -0.0406. The number of methoxy groups -OCH3 is 1. The number of Topliss-reactive ketones (excluding diaryl/α,β-unsaturated/α-hetero) is 1. The first-order valence-electron chi connectivity index (χ1n) is 5.53. The minimum Gasteiger partial charge on any atom is -0.496 e. The molecule has 0 aromatic heterocycles. The van der Waals surface area contributed by atoms with Crippen LogP contribution in [0.3, 0.4) is 0 Å². The quantitative estimate of drug-likeness (QED) is 0.761. The number of hydrogen-bond donors (Lipinski definition) is 2. The lowest BCUT2D eigenvalue weighted by atomic mass is 9.88. The van der Waals surface area contributed by atoms with Crippen molar-refractivity contribution >= 4 is 5.78 Å². The number of ether oxygens (including phenoxy) is 1. The first-order chi connectivity index (χ1) is 7.95. The normalized spacial score (nSPS) is 16.1. The van der Waals surface area contributed by atoms with Crippen LogP contribution in [0.15, 0.2) is 24.3 Å². The molecular formula is C13H18O4. The molecule has 0 radical (unpaired) electrons. The van der Waals surface area contributed by atoms with Gasteiger partial charge in [0.15, 0.2) is 11.4 Å². The minimum atomic E-state index is -1.80. The van der Waals surface area contributed by atoms with Crippen molar-refractivity contribution in [2.45, 2.75) is 32.0 Å². The Kier molecular flexibility index (Phi) is 4.26. The van der Waals surface area contributed by atoms with E-state index in [-0.39, 0.29) is 5.56 Å². The van der Waals surface area contributed by atoms with Crippen LogP contribution in [-0.2, 0) is 0 Å². The molecule has 0 heterocycles. The second kappa shape index (κ2) is 5.29. The Morgan fingerprint density at radius 3 is 2.59 bits per heavy atom. The third-order valence-electron chi connectivity index (χ3n) is 2.85. The molecule has 17 heavy (non-hydrogen) atoms. The summed E-state index contributed by atoms with van der Waals surface area (Å²) >= 11 is 0. The highest BCUT2D eigenvalue weighted by Gasteiger charge is 2.38. The third kappa shape index (κ3) is 2.65. The van der Waals surface area contributed by atoms with Gasteiger partial charge in [0.25, 0.3) is 0 Å². The van der Waals surface area contributed by atoms with Gasteiger partial charge in [-0.05, 0) is 25.5 Å². The van der Waals surface area contributed by atoms with Gasteiger partial charge in [-0.25, -0.2) is 0 Å². The summed E-state index contributed by atoms with van der Waals surface area (Å²) in [6, 6.07) is 6.63. The van der Waals surface area contributed by atoms with Gasteiger partial charge < -0.3 is 14.9 Å². The molecule has 1 aromatic carbocycles. The zero-order chi connectivity index (χ0) is 13.1. The molecule has 0 spiro atoms. The third-order valence-corrected chi connectivity index (χ3v) is 2.85. The van der Waals surface area contributed by atoms with E-state index in [9.17, 15) is 15.0 Å². The Morgan fingerprint density at radius 1 is 1.47 bits per heavy atom. The molecule has 0 saturated heterocycles. The fourth-order valence-electron chi connectivity index (χ4n) is 1.65. The molecule has 0 saturated carbocycles. The summed E-state index contributed by atoms with van der Waals surface area (Å²) in [6.45, 7) is 3.02. The molecule has 0 bridgehead atoms. The number of carbonyl (C=O) groups excluding carboxylic acids is 1. The van der Waals surface area contributed by atoms with Crippen molar-refractivity contribution < 1.29 is 19.7 Å². The van der Waals surface area contributed by atoms with Crippen molar-refractivity contribution in [3.8, 4) is 5.75 Å². The van der Waals surface area contributed by atoms with Crippen LogP contribution in [0.1, 0.15) is 30.6 Å². The van der Waals surface area contributed by atoms with Crippen LogP contribution in [0.2, 0.25) is 0 Å². The number of hydrogen-bond acceptors (Lipinski definition) is 4. The molecule has 1 aromatic rings. The monoisotopic (exact) mass is 238 g/mol. The maximum absolute atomic E-state index is 12.2. The lowest BCUT2D eigenvalue weighted by Gasteiger charge is -2.27. The van der Waals surface area contributed by atoms with Gasteiger partial charge in [-0.15, -0.1) is 0 Å². The van der Waals surface area contributed by atoms with E-state index in [1.807, 2.05) is 0 Å². The van der Waals surface area contributed by atoms with Crippen LogP contribution in [0.5, 0.6) is 5.75 Å². The predicted molar refractivity (Wildman–Crippen MR) is 64.2 cm³/mol. The van der Waals surface area contributed by atoms with E-state index in [1.165, 1.54) is 14.0 Å². The fraction of sp³-hybridized carbons (Fsp3) is 0.462. The zero-order valence-corrected chi connectivity index (χ0v) is 10.3. The lowest BCUT2D eigenvalue weighted by Crippen LogP contribution is -2.46. The first-order valence-corrected chi connectivity index (χ1v) is 5.53. The van der Waals surface area contributed by atoms with Crippen molar-refractivity contribution in [3.05, 3.63) is 29.8 Å². The molecule has 2 atom stereocenters. The Morgan fingerprint density at radius 2 is 2.06 bits per heavy atom. The number of carbonyl (C=O) groups is 1. The molecule has 2 N–H and O–H groups in total. The van der Waals surface area contributed by atoms with E-state index in [4.69, 9.17) is 4.74 Å². The second-order valence-electron chi connectivity index (χ2n) is 4.10. The molecule has 4 heteroatoms. The van der Waals surface area contributed by atoms with Gasteiger partial charge in [-0.2, -0.15) is 0 Å². The second-order valence-corrected chi connectivity index (χ2v) is 4.10. The summed E-state index contributed by atoms with van der Waals surface area (Å²) in [5.74, 6) is -0.148. The molecule has 0 amide bonds. The van der Waals surface area contributed by atoms with Gasteiger partial charge in [-0.1, -0.05) is 19.1 Å². The summed E-state index contributed by atoms with van der Waals surface area (Å²) in [6.07, 6.45) is -0.798. The summed E-state index contributed by atoms with van der Waals surface area (Å²) in [4.78, 5) is 12.2. The standard InChI is InChI=1S/C13H18O4/c1-4-11(14)13(2,16)12(15)9-7-5-6-8-10(9)17-3/h5-8,11,14,16H,4H2,1-3H3/t11-,13-/m1/s1. The van der Waals surface area contributed by atoms with Gasteiger partial charge in [-0.3, -0.25) is 4.79 Å². The number of ketones is 1. The Bertz CT molecular complexity index is 398. The maximum Gasteiger partial charge on any atom is 0.200 e. The van der Waals surface area contributed by atoms with Crippen molar-refractivity contribution in [2.24, 2.45) is 0 Å². The molecule has 4 nitrogen and oxygen atoms in total. The largest absolute Gasteiger partial charge is 0.496 e. The topological polar surface area (TPSA) is 66.8 Å². The Balaban J connectivity index is 3.12. The number of rotatable bonds is 5. The van der Waals surface area contributed by atoms with Crippen LogP contribution in [0, 0.1) is 0 Å². The summed E-state index contributed by atoms with van der Waals surface area (Å²) < 4.78 is 5.06. The molecule has 0 aliphatic carbocycles. The molecule has 94 valence electrons. The molecule has 1 rings (SSSR count). The van der Waals surface area contributed by atoms with Gasteiger partial charge in [0.1, 0.15) is 5.75 Å². The van der Waals surface area contributed by atoms with Crippen LogP contribution >= 0.6 is 0 Å². The number of aliphatic hydroxyl groups excluding tert-OH is 1. The molecular weight excluding hydrogens is 220 g/mol. The van der Waals surface area contributed by atoms with Crippen LogP contribution in [0.25, 0.3) is 0 Å². The summed E-state index contributed by atoms with van der Waals surface area (Å²) in [5.41, 5.74) is -1.53. The van der Waals surface area contributed by atoms with Crippen molar-refractivity contribution in [1.29, 1.82) is 0 Å². The Labute approximate surface area is 101 Å². The first kappa shape index (κ1) is 13.7. The van der Waals surface area contributed by atoms with E-state index in [0.717, 1.165) is 0 Å². The van der Waals surface area contributed by atoms with Crippen LogP contribution in [0.4, 0.5) is 0 Å². The SMILES string of the molecule is CC[C@@H](O)[C@@](C)(O)C(=O)c1ccccc1OC. The fourth-order valence-corrected chi connectivity index (χ4v) is 1.65. The number of benzene rings is 1. The summed E-state index contributed by atoms with van der Waals surface area (Å²) in [5, 5.41) is 19.7. The zero-order valence-electron chi connectivity index (χ0n) is 10.3. The number of aliphatic hydroxyl groups is 2. The van der Waals surface area contributed by atoms with Crippen LogP contribution in [-0.4, -0.2) is 34.8 Å². The minimum absolute atomic E-state index is 0.271. The van der Waals surface area contributed by atoms with E-state index in [2.05, 4.69) is 0 Å². The van der Waals surface area contributed by atoms with Crippen molar-refractivity contribution in [1.82, 2.24) is 0 Å². The van der Waals surface area contributed by atoms with Gasteiger partial charge in [0.05, 0.1) is 18.8 Å². The predicted octanol–water partition coefficient (Wildman–Crippen LogP) is 1.40. The van der Waals surface area contributed by atoms with E-state index >= 15 is 0 Å². The van der Waals surface area contributed by atoms with Gasteiger partial charge >= 0.3 is 0 Å². The summed E-state index contributed by atoms with van der Waals surface area (Å²) in [7, 11) is 1.46. The highest BCUT2D eigenvalue weighted by molar-refractivity contribution is 6.04. The highest BCUT2D eigenvalue weighted by atomic mass is 16.5. The molecule has 0 fully saturated rings. The number of para-hydroxylation sites is 1. The maximum atomic E-state index is 12.2. The molecule has 0 unspecified atom stereocenters. The van der Waals surface area contributed by atoms with Gasteiger partial charge in [0.2, 0.25) is 0 Å². The molecule has 0 aliphatic rings. The smallest absolute Gasteiger partial charge is 0.200 e. The van der Waals surface area contributed by atoms with E-state index < -0.39 is 17.5 Å². The Hall–Kier alpha value is -1.39. The average molecular weight is 238 g/mol. The van der Waals surface area contributed by atoms with Crippen molar-refractivity contribution in [2.75, 3.05) is 7.11 Å². The van der Waals surface area contributed by atoms with E-state index in [1.54, 1.807) is 31.2 Å². The average Bonchev–Trinajstić information content (AvgIpc) is 2.36.